The van der Waals surface area contributed by atoms with Crippen molar-refractivity contribution < 1.29 is 14.3 Å². The summed E-state index contributed by atoms with van der Waals surface area (Å²) >= 11 is 1.45. The molecule has 0 radical (unpaired) electrons. The van der Waals surface area contributed by atoms with Gasteiger partial charge in [-0.2, -0.15) is 0 Å². The van der Waals surface area contributed by atoms with Gasteiger partial charge >= 0.3 is 0 Å². The van der Waals surface area contributed by atoms with Crippen molar-refractivity contribution in [1.29, 1.82) is 0 Å². The Morgan fingerprint density at radius 1 is 1.28 bits per heavy atom. The van der Waals surface area contributed by atoms with E-state index in [2.05, 4.69) is 10.3 Å². The van der Waals surface area contributed by atoms with Gasteiger partial charge in [0.2, 0.25) is 5.91 Å². The zero-order chi connectivity index (χ0) is 19.8. The number of nitrogens with one attached hydrogen (secondary N) is 1. The summed E-state index contributed by atoms with van der Waals surface area (Å²) in [6, 6.07) is 10.1. The largest absolute Gasteiger partial charge is 0.368 e. The average molecular weight is 410 g/mol. The molecule has 2 aliphatic heterocycles. The zero-order valence-corrected chi connectivity index (χ0v) is 16.8. The fraction of sp³-hybridized carbons (Fsp3) is 0.381. The molecule has 0 spiro atoms. The highest BCUT2D eigenvalue weighted by atomic mass is 32.1. The second kappa shape index (κ2) is 7.61. The molecule has 0 bridgehead atoms. The number of amides is 2. The number of carbonyl (C=O) groups excluding carboxylic acids is 2. The lowest BCUT2D eigenvalue weighted by atomic mass is 10.2. The highest BCUT2D eigenvalue weighted by Gasteiger charge is 2.27. The van der Waals surface area contributed by atoms with E-state index in [-0.39, 0.29) is 17.9 Å². The Morgan fingerprint density at radius 2 is 2.17 bits per heavy atom. The maximum atomic E-state index is 12.9. The van der Waals surface area contributed by atoms with Gasteiger partial charge in [-0.3, -0.25) is 14.9 Å². The predicted molar refractivity (Wildman–Crippen MR) is 111 cm³/mol. The molecule has 2 amide bonds. The van der Waals surface area contributed by atoms with E-state index in [0.29, 0.717) is 37.8 Å². The second-order valence-corrected chi connectivity index (χ2v) is 8.53. The van der Waals surface area contributed by atoms with Gasteiger partial charge in [0.05, 0.1) is 12.2 Å². The summed E-state index contributed by atoms with van der Waals surface area (Å²) in [4.78, 5) is 32.6. The number of ether oxygens (including phenoxy) is 1. The quantitative estimate of drug-likeness (QED) is 0.718. The van der Waals surface area contributed by atoms with Crippen molar-refractivity contribution in [3.05, 3.63) is 47.1 Å². The Kier molecular flexibility index (Phi) is 4.81. The van der Waals surface area contributed by atoms with E-state index in [1.807, 2.05) is 46.0 Å². The number of anilines is 1. The van der Waals surface area contributed by atoms with Gasteiger partial charge in [0.25, 0.3) is 5.91 Å². The average Bonchev–Trinajstić information content (AvgIpc) is 3.47. The van der Waals surface area contributed by atoms with Crippen LogP contribution in [0.1, 0.15) is 23.4 Å². The van der Waals surface area contributed by atoms with Gasteiger partial charge in [0.15, 0.2) is 5.13 Å². The number of benzene rings is 1. The molecule has 2 aromatic heterocycles. The van der Waals surface area contributed by atoms with E-state index >= 15 is 0 Å². The van der Waals surface area contributed by atoms with Crippen molar-refractivity contribution in [3.8, 4) is 0 Å². The lowest BCUT2D eigenvalue weighted by molar-refractivity contribution is -0.132. The number of carbonyl (C=O) groups is 2. The van der Waals surface area contributed by atoms with Crippen molar-refractivity contribution in [1.82, 2.24) is 14.5 Å². The van der Waals surface area contributed by atoms with E-state index < -0.39 is 0 Å². The first-order chi connectivity index (χ1) is 14.2. The van der Waals surface area contributed by atoms with Gasteiger partial charge in [-0.1, -0.05) is 29.5 Å². The third-order valence-electron chi connectivity index (χ3n) is 5.52. The number of hydrogen-bond donors (Lipinski definition) is 1. The lowest BCUT2D eigenvalue weighted by Gasteiger charge is -2.26. The summed E-state index contributed by atoms with van der Waals surface area (Å²) < 4.78 is 7.42. The van der Waals surface area contributed by atoms with E-state index in [0.717, 1.165) is 34.3 Å². The number of thiazole rings is 1. The third-order valence-corrected chi connectivity index (χ3v) is 6.52. The monoisotopic (exact) mass is 410 g/mol. The van der Waals surface area contributed by atoms with Crippen LogP contribution in [0.25, 0.3) is 10.9 Å². The van der Waals surface area contributed by atoms with Crippen molar-refractivity contribution in [2.75, 3.05) is 18.5 Å². The molecule has 0 saturated carbocycles. The van der Waals surface area contributed by atoms with Crippen LogP contribution >= 0.6 is 11.3 Å². The number of para-hydroxylation sites is 1. The molecule has 1 atom stereocenters. The Bertz CT molecular complexity index is 1070. The van der Waals surface area contributed by atoms with Crippen LogP contribution in [0.15, 0.2) is 36.5 Å². The number of aromatic nitrogens is 2. The van der Waals surface area contributed by atoms with E-state index in [1.54, 1.807) is 0 Å². The summed E-state index contributed by atoms with van der Waals surface area (Å²) in [6.07, 6.45) is 3.97. The van der Waals surface area contributed by atoms with Crippen LogP contribution in [0.2, 0.25) is 0 Å². The second-order valence-electron chi connectivity index (χ2n) is 7.45. The molecule has 4 heterocycles. The van der Waals surface area contributed by atoms with Gasteiger partial charge in [-0.05, 0) is 30.4 Å². The van der Waals surface area contributed by atoms with Crippen molar-refractivity contribution in [3.63, 3.8) is 0 Å². The minimum absolute atomic E-state index is 0.0929. The fourth-order valence-corrected chi connectivity index (χ4v) is 4.98. The molecule has 0 aliphatic carbocycles. The van der Waals surface area contributed by atoms with Crippen molar-refractivity contribution in [2.24, 2.45) is 0 Å². The summed E-state index contributed by atoms with van der Waals surface area (Å²) in [6.45, 7) is 2.15. The minimum Gasteiger partial charge on any atom is -0.368 e. The highest BCUT2D eigenvalue weighted by molar-refractivity contribution is 7.15. The molecule has 150 valence electrons. The Balaban J connectivity index is 1.25. The smallest absolute Gasteiger partial charge is 0.255 e. The summed E-state index contributed by atoms with van der Waals surface area (Å²) in [7, 11) is 0. The van der Waals surface area contributed by atoms with Crippen LogP contribution in [0, 0.1) is 0 Å². The summed E-state index contributed by atoms with van der Waals surface area (Å²) in [5.74, 6) is -0.0311. The van der Waals surface area contributed by atoms with E-state index in [4.69, 9.17) is 4.74 Å². The maximum absolute atomic E-state index is 12.9. The molecule has 1 unspecified atom stereocenters. The molecule has 29 heavy (non-hydrogen) atoms. The van der Waals surface area contributed by atoms with Gasteiger partial charge < -0.3 is 14.2 Å². The highest BCUT2D eigenvalue weighted by Crippen LogP contribution is 2.29. The molecular formula is C21H22N4O3S. The summed E-state index contributed by atoms with van der Waals surface area (Å²) in [5, 5.41) is 4.61. The molecule has 1 aromatic carbocycles. The molecule has 2 aliphatic rings. The first kappa shape index (κ1) is 18.3. The fourth-order valence-electron chi connectivity index (χ4n) is 3.96. The van der Waals surface area contributed by atoms with Crippen LogP contribution in [-0.2, 0) is 33.8 Å². The molecule has 5 rings (SSSR count). The van der Waals surface area contributed by atoms with Crippen LogP contribution in [0.3, 0.4) is 0 Å². The lowest BCUT2D eigenvalue weighted by Crippen LogP contribution is -2.37. The maximum Gasteiger partial charge on any atom is 0.255 e. The zero-order valence-electron chi connectivity index (χ0n) is 16.0. The molecule has 7 nitrogen and oxygen atoms in total. The minimum atomic E-state index is -0.370. The van der Waals surface area contributed by atoms with Gasteiger partial charge in [0, 0.05) is 36.2 Å². The number of hydrogen-bond acceptors (Lipinski definition) is 5. The van der Waals surface area contributed by atoms with Crippen molar-refractivity contribution in [2.45, 2.75) is 38.5 Å². The van der Waals surface area contributed by atoms with E-state index in [9.17, 15) is 9.59 Å². The van der Waals surface area contributed by atoms with Crippen molar-refractivity contribution >= 4 is 39.2 Å². The molecule has 1 saturated heterocycles. The first-order valence-electron chi connectivity index (χ1n) is 9.90. The molecule has 1 N–H and O–H groups in total. The SMILES string of the molecule is O=C(Nc1nc2c(s1)CN(C(=O)Cn1ccc3ccccc31)CC2)C1CCCO1. The predicted octanol–water partition coefficient (Wildman–Crippen LogP) is 2.80. The van der Waals surface area contributed by atoms with Gasteiger partial charge in [0.1, 0.15) is 12.6 Å². The molecule has 1 fully saturated rings. The number of fused-ring (bicyclic) bond motifs is 2. The van der Waals surface area contributed by atoms with Crippen LogP contribution in [0.4, 0.5) is 5.13 Å². The van der Waals surface area contributed by atoms with Crippen LogP contribution in [-0.4, -0.2) is 45.5 Å². The topological polar surface area (TPSA) is 76.5 Å². The molecule has 3 aromatic rings. The standard InChI is InChI=1S/C21H22N4O3S/c26-19(13-24-9-7-14-4-1-2-5-16(14)24)25-10-8-15-18(12-25)29-21(22-15)23-20(27)17-6-3-11-28-17/h1-2,4-5,7,9,17H,3,6,8,10-13H2,(H,22,23,27). The first-order valence-corrected chi connectivity index (χ1v) is 10.7. The van der Waals surface area contributed by atoms with Gasteiger partial charge in [-0.25, -0.2) is 4.98 Å². The Morgan fingerprint density at radius 3 is 3.03 bits per heavy atom. The third kappa shape index (κ3) is 3.65. The van der Waals surface area contributed by atoms with Crippen LogP contribution in [0.5, 0.6) is 0 Å². The number of nitrogens with zero attached hydrogens (tertiary/aromatic N) is 3. The molecular weight excluding hydrogens is 388 g/mol. The summed E-state index contributed by atoms with van der Waals surface area (Å²) in [5.41, 5.74) is 2.04. The molecule has 8 heteroatoms. The number of rotatable bonds is 4. The Hall–Kier alpha value is -2.71. The normalized spacial score (nSPS) is 18.8. The van der Waals surface area contributed by atoms with Gasteiger partial charge in [-0.15, -0.1) is 0 Å². The Labute approximate surface area is 172 Å². The van der Waals surface area contributed by atoms with E-state index in [1.165, 1.54) is 11.3 Å². The van der Waals surface area contributed by atoms with Crippen LogP contribution < -0.4 is 5.32 Å².